The van der Waals surface area contributed by atoms with Crippen LogP contribution in [0.5, 0.6) is 0 Å². The number of nitrogens with one attached hydrogen (secondary N) is 1. The molecule has 0 amide bonds. The molecule has 0 radical (unpaired) electrons. The number of rotatable bonds is 2. The molecule has 3 nitrogen and oxygen atoms in total. The minimum Gasteiger partial charge on any atom is -0.324 e. The van der Waals surface area contributed by atoms with Crippen molar-refractivity contribution in [3.63, 3.8) is 0 Å². The summed E-state index contributed by atoms with van der Waals surface area (Å²) in [6, 6.07) is 6.56. The average molecular weight is 267 g/mol. The Balaban J connectivity index is 2.20. The number of benzene rings is 1. The smallest absolute Gasteiger partial charge is 0.324 e. The summed E-state index contributed by atoms with van der Waals surface area (Å²) in [6.45, 7) is 3.65. The number of aryl methyl sites for hydroxylation is 2. The van der Waals surface area contributed by atoms with E-state index < -0.39 is 11.7 Å². The Kier molecular flexibility index (Phi) is 3.42. The van der Waals surface area contributed by atoms with Crippen molar-refractivity contribution in [3.8, 4) is 0 Å². The second-order valence-corrected chi connectivity index (χ2v) is 4.17. The number of hydrogen-bond acceptors (Lipinski definition) is 3. The van der Waals surface area contributed by atoms with Crippen LogP contribution in [0.15, 0.2) is 30.3 Å². The van der Waals surface area contributed by atoms with Crippen molar-refractivity contribution < 1.29 is 13.2 Å². The topological polar surface area (TPSA) is 37.8 Å². The fraction of sp³-hybridized carbons (Fsp3) is 0.231. The summed E-state index contributed by atoms with van der Waals surface area (Å²) in [4.78, 5) is 8.31. The van der Waals surface area contributed by atoms with Gasteiger partial charge in [0.15, 0.2) is 0 Å². The van der Waals surface area contributed by atoms with Crippen molar-refractivity contribution in [1.82, 2.24) is 9.97 Å². The lowest BCUT2D eigenvalue weighted by Crippen LogP contribution is -2.05. The van der Waals surface area contributed by atoms with Gasteiger partial charge in [0, 0.05) is 17.1 Å². The van der Waals surface area contributed by atoms with Crippen LogP contribution in [0.2, 0.25) is 0 Å². The van der Waals surface area contributed by atoms with E-state index in [1.54, 1.807) is 0 Å². The molecule has 0 bridgehead atoms. The van der Waals surface area contributed by atoms with Crippen LogP contribution < -0.4 is 5.32 Å². The van der Waals surface area contributed by atoms with E-state index in [1.807, 2.05) is 19.9 Å². The first kappa shape index (κ1) is 13.3. The predicted molar refractivity (Wildman–Crippen MR) is 66.2 cm³/mol. The van der Waals surface area contributed by atoms with Crippen LogP contribution in [0.3, 0.4) is 0 Å². The molecule has 2 aromatic rings. The summed E-state index contributed by atoms with van der Waals surface area (Å²) < 4.78 is 37.2. The van der Waals surface area contributed by atoms with Gasteiger partial charge in [0.1, 0.15) is 0 Å². The average Bonchev–Trinajstić information content (AvgIpc) is 2.26. The molecule has 0 saturated carbocycles. The molecule has 0 aliphatic heterocycles. The SMILES string of the molecule is Cc1cc(C)nc(Nc2ccc(C(F)(F)F)cc2)n1. The van der Waals surface area contributed by atoms with E-state index in [0.29, 0.717) is 11.6 Å². The Bertz CT molecular complexity index is 556. The van der Waals surface area contributed by atoms with Crippen molar-refractivity contribution in [2.45, 2.75) is 20.0 Å². The first-order valence-corrected chi connectivity index (χ1v) is 5.61. The maximum Gasteiger partial charge on any atom is 0.416 e. The van der Waals surface area contributed by atoms with E-state index in [9.17, 15) is 13.2 Å². The van der Waals surface area contributed by atoms with Crippen LogP contribution in [0.25, 0.3) is 0 Å². The zero-order valence-electron chi connectivity index (χ0n) is 10.4. The molecule has 1 N–H and O–H groups in total. The van der Waals surface area contributed by atoms with Crippen molar-refractivity contribution in [2.24, 2.45) is 0 Å². The van der Waals surface area contributed by atoms with Gasteiger partial charge in [-0.15, -0.1) is 0 Å². The first-order chi connectivity index (χ1) is 8.84. The third-order valence-corrected chi connectivity index (χ3v) is 2.45. The second kappa shape index (κ2) is 4.87. The summed E-state index contributed by atoms with van der Waals surface area (Å²) in [6.07, 6.45) is -4.32. The largest absolute Gasteiger partial charge is 0.416 e. The molecule has 6 heteroatoms. The number of aromatic nitrogens is 2. The van der Waals surface area contributed by atoms with Gasteiger partial charge in [-0.05, 0) is 44.2 Å². The summed E-state index contributed by atoms with van der Waals surface area (Å²) in [7, 11) is 0. The Morgan fingerprint density at radius 3 is 1.95 bits per heavy atom. The van der Waals surface area contributed by atoms with Gasteiger partial charge in [0.25, 0.3) is 0 Å². The van der Waals surface area contributed by atoms with Crippen LogP contribution >= 0.6 is 0 Å². The third kappa shape index (κ3) is 3.43. The monoisotopic (exact) mass is 267 g/mol. The molecule has 0 atom stereocenters. The molecule has 1 heterocycles. The molecule has 100 valence electrons. The number of hydrogen-bond donors (Lipinski definition) is 1. The van der Waals surface area contributed by atoms with E-state index in [4.69, 9.17) is 0 Å². The van der Waals surface area contributed by atoms with Gasteiger partial charge in [-0.25, -0.2) is 9.97 Å². The number of anilines is 2. The molecular weight excluding hydrogens is 255 g/mol. The van der Waals surface area contributed by atoms with Gasteiger partial charge in [0.2, 0.25) is 5.95 Å². The molecule has 2 rings (SSSR count). The van der Waals surface area contributed by atoms with Crippen molar-refractivity contribution in [2.75, 3.05) is 5.32 Å². The molecule has 0 spiro atoms. The highest BCUT2D eigenvalue weighted by atomic mass is 19.4. The van der Waals surface area contributed by atoms with Crippen LogP contribution in [0.4, 0.5) is 24.8 Å². The van der Waals surface area contributed by atoms with Crippen LogP contribution in [-0.2, 0) is 6.18 Å². The van der Waals surface area contributed by atoms with Gasteiger partial charge in [-0.3, -0.25) is 0 Å². The lowest BCUT2D eigenvalue weighted by atomic mass is 10.2. The molecule has 19 heavy (non-hydrogen) atoms. The summed E-state index contributed by atoms with van der Waals surface area (Å²) in [5.74, 6) is 0.372. The minimum absolute atomic E-state index is 0.372. The molecule has 0 aliphatic rings. The van der Waals surface area contributed by atoms with E-state index in [2.05, 4.69) is 15.3 Å². The predicted octanol–water partition coefficient (Wildman–Crippen LogP) is 3.86. The van der Waals surface area contributed by atoms with Crippen LogP contribution in [0.1, 0.15) is 17.0 Å². The molecule has 1 aromatic carbocycles. The zero-order chi connectivity index (χ0) is 14.0. The van der Waals surface area contributed by atoms with Gasteiger partial charge < -0.3 is 5.32 Å². The molecule has 0 aliphatic carbocycles. The Labute approximate surface area is 108 Å². The Morgan fingerprint density at radius 1 is 0.947 bits per heavy atom. The summed E-state index contributed by atoms with van der Waals surface area (Å²) in [5.41, 5.74) is 1.42. The Hall–Kier alpha value is -2.11. The number of nitrogens with zero attached hydrogens (tertiary/aromatic N) is 2. The first-order valence-electron chi connectivity index (χ1n) is 5.61. The lowest BCUT2D eigenvalue weighted by Gasteiger charge is -2.09. The van der Waals surface area contributed by atoms with E-state index in [1.165, 1.54) is 12.1 Å². The Morgan fingerprint density at radius 2 is 1.47 bits per heavy atom. The number of alkyl halides is 3. The fourth-order valence-electron chi connectivity index (χ4n) is 1.65. The minimum atomic E-state index is -4.32. The van der Waals surface area contributed by atoms with E-state index >= 15 is 0 Å². The molecule has 0 fully saturated rings. The quantitative estimate of drug-likeness (QED) is 0.897. The van der Waals surface area contributed by atoms with Gasteiger partial charge in [-0.1, -0.05) is 0 Å². The summed E-state index contributed by atoms with van der Waals surface area (Å²) >= 11 is 0. The van der Waals surface area contributed by atoms with Gasteiger partial charge >= 0.3 is 6.18 Å². The molecule has 0 saturated heterocycles. The molecular formula is C13H12F3N3. The second-order valence-electron chi connectivity index (χ2n) is 4.17. The lowest BCUT2D eigenvalue weighted by molar-refractivity contribution is -0.137. The standard InChI is InChI=1S/C13H12F3N3/c1-8-7-9(2)18-12(17-8)19-11-5-3-10(4-6-11)13(14,15)16/h3-7H,1-2H3,(H,17,18,19). The van der Waals surface area contributed by atoms with Crippen molar-refractivity contribution in [3.05, 3.63) is 47.3 Å². The summed E-state index contributed by atoms with van der Waals surface area (Å²) in [5, 5.41) is 2.87. The maximum absolute atomic E-state index is 12.4. The highest BCUT2D eigenvalue weighted by Crippen LogP contribution is 2.30. The number of halogens is 3. The van der Waals surface area contributed by atoms with Gasteiger partial charge in [-0.2, -0.15) is 13.2 Å². The van der Waals surface area contributed by atoms with Crippen molar-refractivity contribution in [1.29, 1.82) is 0 Å². The van der Waals surface area contributed by atoms with Gasteiger partial charge in [0.05, 0.1) is 5.56 Å². The highest BCUT2D eigenvalue weighted by Gasteiger charge is 2.29. The zero-order valence-corrected chi connectivity index (χ0v) is 10.4. The molecule has 1 aromatic heterocycles. The van der Waals surface area contributed by atoms with Crippen LogP contribution in [0, 0.1) is 13.8 Å². The van der Waals surface area contributed by atoms with Crippen molar-refractivity contribution >= 4 is 11.6 Å². The maximum atomic E-state index is 12.4. The highest BCUT2D eigenvalue weighted by molar-refractivity contribution is 5.54. The normalized spacial score (nSPS) is 11.4. The van der Waals surface area contributed by atoms with E-state index in [-0.39, 0.29) is 0 Å². The molecule has 0 unspecified atom stereocenters. The fourth-order valence-corrected chi connectivity index (χ4v) is 1.65. The third-order valence-electron chi connectivity index (χ3n) is 2.45. The van der Waals surface area contributed by atoms with E-state index in [0.717, 1.165) is 23.5 Å². The van der Waals surface area contributed by atoms with Crippen LogP contribution in [-0.4, -0.2) is 9.97 Å².